The van der Waals surface area contributed by atoms with Gasteiger partial charge in [0.1, 0.15) is 6.67 Å². The lowest BCUT2D eigenvalue weighted by atomic mass is 10.3. The van der Waals surface area contributed by atoms with Crippen LogP contribution >= 0.6 is 0 Å². The molecule has 8 nitrogen and oxygen atoms in total. The molecule has 1 rings (SSSR count). The third-order valence-electron chi connectivity index (χ3n) is 1.88. The average Bonchev–Trinajstić information content (AvgIpc) is 2.66. The number of halogens is 1. The first-order valence-electron chi connectivity index (χ1n) is 4.93. The first-order valence-corrected chi connectivity index (χ1v) is 4.93. The van der Waals surface area contributed by atoms with E-state index < -0.39 is 18.6 Å². The second-order valence-electron chi connectivity index (χ2n) is 3.18. The van der Waals surface area contributed by atoms with Gasteiger partial charge in [0.25, 0.3) is 0 Å². The molecule has 1 aromatic heterocycles. The summed E-state index contributed by atoms with van der Waals surface area (Å²) in [6.07, 6.45) is -0.256. The van der Waals surface area contributed by atoms with Crippen molar-refractivity contribution in [3.8, 4) is 0 Å². The Kier molecular flexibility index (Phi) is 4.98. The van der Waals surface area contributed by atoms with E-state index in [-0.39, 0.29) is 31.8 Å². The highest BCUT2D eigenvalue weighted by atomic mass is 19.1. The van der Waals surface area contributed by atoms with Crippen molar-refractivity contribution in [1.29, 1.82) is 0 Å². The maximum Gasteiger partial charge on any atom is 0.305 e. The summed E-state index contributed by atoms with van der Waals surface area (Å²) in [5.74, 6) is -1.15. The smallest absolute Gasteiger partial charge is 0.305 e. The SMILES string of the molecule is O=C(O)CCNC(=O)Cc1nnnn1CCF. The van der Waals surface area contributed by atoms with Crippen LogP contribution in [0.2, 0.25) is 0 Å². The summed E-state index contributed by atoms with van der Waals surface area (Å²) in [5.41, 5.74) is 0. The quantitative estimate of drug-likeness (QED) is 0.622. The fourth-order valence-corrected chi connectivity index (χ4v) is 1.12. The van der Waals surface area contributed by atoms with Crippen LogP contribution in [0.5, 0.6) is 0 Å². The van der Waals surface area contributed by atoms with Gasteiger partial charge in [-0.2, -0.15) is 0 Å². The minimum absolute atomic E-state index is 0.00919. The number of hydrogen-bond donors (Lipinski definition) is 2. The van der Waals surface area contributed by atoms with Crippen molar-refractivity contribution in [2.45, 2.75) is 19.4 Å². The summed E-state index contributed by atoms with van der Waals surface area (Å²) in [5, 5.41) is 21.2. The van der Waals surface area contributed by atoms with Crippen molar-refractivity contribution in [1.82, 2.24) is 25.5 Å². The van der Waals surface area contributed by atoms with E-state index in [0.717, 1.165) is 0 Å². The predicted octanol–water partition coefficient (Wildman–Crippen LogP) is -1.22. The number of aryl methyl sites for hydroxylation is 1. The molecule has 2 N–H and O–H groups in total. The molecule has 0 radical (unpaired) electrons. The van der Waals surface area contributed by atoms with Gasteiger partial charge in [0.2, 0.25) is 5.91 Å². The van der Waals surface area contributed by atoms with Crippen molar-refractivity contribution in [2.75, 3.05) is 13.2 Å². The van der Waals surface area contributed by atoms with Gasteiger partial charge in [-0.3, -0.25) is 9.59 Å². The highest BCUT2D eigenvalue weighted by Gasteiger charge is 2.11. The van der Waals surface area contributed by atoms with Crippen molar-refractivity contribution in [2.24, 2.45) is 0 Å². The number of carboxylic acids is 1. The van der Waals surface area contributed by atoms with Crippen LogP contribution in [0, 0.1) is 0 Å². The Labute approximate surface area is 95.8 Å². The zero-order valence-corrected chi connectivity index (χ0v) is 8.97. The van der Waals surface area contributed by atoms with Crippen LogP contribution < -0.4 is 5.32 Å². The lowest BCUT2D eigenvalue weighted by Gasteiger charge is -2.03. The van der Waals surface area contributed by atoms with Crippen LogP contribution in [0.15, 0.2) is 0 Å². The monoisotopic (exact) mass is 245 g/mol. The van der Waals surface area contributed by atoms with Gasteiger partial charge in [-0.1, -0.05) is 0 Å². The molecule has 0 saturated carbocycles. The second kappa shape index (κ2) is 6.51. The number of carbonyl (C=O) groups excluding carboxylic acids is 1. The Hall–Kier alpha value is -2.06. The van der Waals surface area contributed by atoms with E-state index in [1.807, 2.05) is 0 Å². The number of aromatic nitrogens is 4. The van der Waals surface area contributed by atoms with E-state index in [0.29, 0.717) is 0 Å². The van der Waals surface area contributed by atoms with Crippen LogP contribution in [0.3, 0.4) is 0 Å². The first kappa shape index (κ1) is 13.0. The Morgan fingerprint density at radius 3 is 2.88 bits per heavy atom. The van der Waals surface area contributed by atoms with Crippen LogP contribution in [0.25, 0.3) is 0 Å². The molecule has 0 aliphatic rings. The largest absolute Gasteiger partial charge is 0.481 e. The average molecular weight is 245 g/mol. The second-order valence-corrected chi connectivity index (χ2v) is 3.18. The number of nitrogens with one attached hydrogen (secondary N) is 1. The normalized spacial score (nSPS) is 10.2. The van der Waals surface area contributed by atoms with Crippen LogP contribution in [0.4, 0.5) is 4.39 Å². The standard InChI is InChI=1S/C8H12FN5O3/c9-2-4-14-6(11-12-13-14)5-7(15)10-3-1-8(16)17/h1-5H2,(H,10,15)(H,16,17). The highest BCUT2D eigenvalue weighted by Crippen LogP contribution is 1.94. The van der Waals surface area contributed by atoms with Gasteiger partial charge in [-0.15, -0.1) is 5.10 Å². The molecule has 0 aliphatic heterocycles. The third kappa shape index (κ3) is 4.53. The molecule has 0 unspecified atom stereocenters. The van der Waals surface area contributed by atoms with E-state index in [2.05, 4.69) is 20.8 Å². The maximum atomic E-state index is 12.1. The third-order valence-corrected chi connectivity index (χ3v) is 1.88. The summed E-state index contributed by atoms with van der Waals surface area (Å²) in [6, 6.07) is 0. The number of carbonyl (C=O) groups is 2. The Morgan fingerprint density at radius 2 is 2.24 bits per heavy atom. The Balaban J connectivity index is 2.39. The molecule has 0 atom stereocenters. The summed E-state index contributed by atoms with van der Waals surface area (Å²) >= 11 is 0. The molecule has 0 saturated heterocycles. The number of nitrogens with zero attached hydrogens (tertiary/aromatic N) is 4. The number of carboxylic acid groups (broad SMARTS) is 1. The number of amides is 1. The molecule has 0 aromatic carbocycles. The molecule has 9 heteroatoms. The molecule has 1 amide bonds. The number of tetrazole rings is 1. The molecule has 0 fully saturated rings. The Morgan fingerprint density at radius 1 is 1.47 bits per heavy atom. The van der Waals surface area contributed by atoms with Crippen LogP contribution in [-0.2, 0) is 22.6 Å². The van der Waals surface area contributed by atoms with E-state index in [1.165, 1.54) is 4.68 Å². The minimum Gasteiger partial charge on any atom is -0.481 e. The van der Waals surface area contributed by atoms with E-state index >= 15 is 0 Å². The van der Waals surface area contributed by atoms with Gasteiger partial charge in [-0.05, 0) is 10.4 Å². The first-order chi connectivity index (χ1) is 8.13. The van der Waals surface area contributed by atoms with Gasteiger partial charge >= 0.3 is 5.97 Å². The number of alkyl halides is 1. The number of aliphatic carboxylic acids is 1. The molecule has 1 heterocycles. The van der Waals surface area contributed by atoms with Gasteiger partial charge in [-0.25, -0.2) is 9.07 Å². The maximum absolute atomic E-state index is 12.1. The zero-order valence-electron chi connectivity index (χ0n) is 8.97. The van der Waals surface area contributed by atoms with Gasteiger partial charge in [0.15, 0.2) is 5.82 Å². The van der Waals surface area contributed by atoms with Crippen LogP contribution in [0.1, 0.15) is 12.2 Å². The lowest BCUT2D eigenvalue weighted by Crippen LogP contribution is -2.28. The summed E-state index contributed by atoms with van der Waals surface area (Å²) in [4.78, 5) is 21.5. The van der Waals surface area contributed by atoms with Gasteiger partial charge in [0, 0.05) is 6.54 Å². The Bertz CT molecular complexity index is 394. The van der Waals surface area contributed by atoms with Crippen LogP contribution in [-0.4, -0.2) is 50.4 Å². The number of rotatable bonds is 7. The topological polar surface area (TPSA) is 110 Å². The van der Waals surface area contributed by atoms with Crippen molar-refractivity contribution in [3.05, 3.63) is 5.82 Å². The van der Waals surface area contributed by atoms with Crippen molar-refractivity contribution in [3.63, 3.8) is 0 Å². The molecular weight excluding hydrogens is 233 g/mol. The molecule has 1 aromatic rings. The molecule has 0 spiro atoms. The summed E-state index contributed by atoms with van der Waals surface area (Å²) in [7, 11) is 0. The predicted molar refractivity (Wildman–Crippen MR) is 52.8 cm³/mol. The van der Waals surface area contributed by atoms with Gasteiger partial charge in [0.05, 0.1) is 19.4 Å². The minimum atomic E-state index is -0.993. The fraction of sp³-hybridized carbons (Fsp3) is 0.625. The molecule has 0 aliphatic carbocycles. The van der Waals surface area contributed by atoms with Crippen molar-refractivity contribution < 1.29 is 19.1 Å². The molecule has 0 bridgehead atoms. The van der Waals surface area contributed by atoms with E-state index in [1.54, 1.807) is 0 Å². The summed E-state index contributed by atoms with van der Waals surface area (Å²) in [6.45, 7) is -0.595. The molecular formula is C8H12FN5O3. The molecule has 17 heavy (non-hydrogen) atoms. The van der Waals surface area contributed by atoms with E-state index in [9.17, 15) is 14.0 Å². The van der Waals surface area contributed by atoms with Gasteiger partial charge < -0.3 is 10.4 Å². The molecule has 94 valence electrons. The zero-order chi connectivity index (χ0) is 12.7. The number of hydrogen-bond acceptors (Lipinski definition) is 5. The highest BCUT2D eigenvalue weighted by molar-refractivity contribution is 5.78. The lowest BCUT2D eigenvalue weighted by molar-refractivity contribution is -0.136. The fourth-order valence-electron chi connectivity index (χ4n) is 1.12. The van der Waals surface area contributed by atoms with E-state index in [4.69, 9.17) is 5.11 Å². The van der Waals surface area contributed by atoms with Crippen molar-refractivity contribution >= 4 is 11.9 Å². The summed E-state index contributed by atoms with van der Waals surface area (Å²) < 4.78 is 13.3.